The Bertz CT molecular complexity index is 459. The van der Waals surface area contributed by atoms with Crippen molar-refractivity contribution >= 4 is 17.2 Å². The smallest absolute Gasteiger partial charge is 0.234 e. The van der Waals surface area contributed by atoms with Crippen LogP contribution in [0.4, 0.5) is 0 Å². The van der Waals surface area contributed by atoms with Gasteiger partial charge in [0.15, 0.2) is 0 Å². The number of rotatable bonds is 4. The van der Waals surface area contributed by atoms with Crippen molar-refractivity contribution in [1.29, 1.82) is 0 Å². The van der Waals surface area contributed by atoms with Gasteiger partial charge in [-0.25, -0.2) is 0 Å². The van der Waals surface area contributed by atoms with Crippen molar-refractivity contribution in [2.75, 3.05) is 13.1 Å². The van der Waals surface area contributed by atoms with Crippen LogP contribution in [-0.2, 0) is 4.79 Å². The third-order valence-electron chi connectivity index (χ3n) is 5.04. The van der Waals surface area contributed by atoms with Crippen LogP contribution in [0.25, 0.3) is 0 Å². The van der Waals surface area contributed by atoms with Crippen LogP contribution in [0.1, 0.15) is 56.4 Å². The Hall–Kier alpha value is -0.870. The fourth-order valence-corrected chi connectivity index (χ4v) is 4.68. The van der Waals surface area contributed by atoms with Crippen LogP contribution in [0.5, 0.6) is 0 Å². The van der Waals surface area contributed by atoms with Gasteiger partial charge in [-0.2, -0.15) is 0 Å². The quantitative estimate of drug-likeness (QED) is 0.922. The van der Waals surface area contributed by atoms with E-state index in [2.05, 4.69) is 34.7 Å². The lowest BCUT2D eigenvalue weighted by Crippen LogP contribution is -2.45. The van der Waals surface area contributed by atoms with Crippen LogP contribution in [0.3, 0.4) is 0 Å². The molecule has 0 bridgehead atoms. The third-order valence-corrected chi connectivity index (χ3v) is 6.01. The van der Waals surface area contributed by atoms with Crippen molar-refractivity contribution in [2.24, 2.45) is 5.92 Å². The minimum atomic E-state index is 0.220. The first-order valence-corrected chi connectivity index (χ1v) is 9.19. The molecule has 3 atom stereocenters. The van der Waals surface area contributed by atoms with Crippen LogP contribution >= 0.6 is 11.3 Å². The molecule has 1 aliphatic carbocycles. The highest BCUT2D eigenvalue weighted by atomic mass is 32.1. The molecule has 21 heavy (non-hydrogen) atoms. The van der Waals surface area contributed by atoms with E-state index in [9.17, 15) is 4.79 Å². The van der Waals surface area contributed by atoms with Crippen LogP contribution < -0.4 is 5.32 Å². The Labute approximate surface area is 131 Å². The number of carbonyl (C=O) groups is 1. The van der Waals surface area contributed by atoms with Crippen molar-refractivity contribution in [3.8, 4) is 0 Å². The second-order valence-electron chi connectivity index (χ2n) is 6.58. The van der Waals surface area contributed by atoms with Gasteiger partial charge >= 0.3 is 0 Å². The van der Waals surface area contributed by atoms with Gasteiger partial charge in [0.2, 0.25) is 5.91 Å². The first-order valence-electron chi connectivity index (χ1n) is 8.31. The van der Waals surface area contributed by atoms with E-state index < -0.39 is 0 Å². The molecular weight excluding hydrogens is 280 g/mol. The number of nitrogens with one attached hydrogen (secondary N) is 1. The van der Waals surface area contributed by atoms with Crippen molar-refractivity contribution in [3.05, 3.63) is 22.4 Å². The second kappa shape index (κ2) is 6.93. The van der Waals surface area contributed by atoms with Gasteiger partial charge in [0.1, 0.15) is 0 Å². The summed E-state index contributed by atoms with van der Waals surface area (Å²) in [4.78, 5) is 16.1. The van der Waals surface area contributed by atoms with E-state index in [1.54, 1.807) is 0 Å². The Balaban J connectivity index is 1.54. The van der Waals surface area contributed by atoms with E-state index in [1.807, 2.05) is 11.3 Å². The van der Waals surface area contributed by atoms with Gasteiger partial charge in [-0.15, -0.1) is 11.3 Å². The predicted molar refractivity (Wildman–Crippen MR) is 87.4 cm³/mol. The molecule has 1 saturated heterocycles. The Morgan fingerprint density at radius 3 is 2.95 bits per heavy atom. The molecule has 0 aromatic carbocycles. The van der Waals surface area contributed by atoms with Crippen LogP contribution in [-0.4, -0.2) is 29.9 Å². The lowest BCUT2D eigenvalue weighted by molar-refractivity contribution is -0.123. The van der Waals surface area contributed by atoms with Gasteiger partial charge in [0.05, 0.1) is 6.54 Å². The maximum Gasteiger partial charge on any atom is 0.234 e. The highest BCUT2D eigenvalue weighted by Crippen LogP contribution is 2.34. The summed E-state index contributed by atoms with van der Waals surface area (Å²) in [6.45, 7) is 3.89. The van der Waals surface area contributed by atoms with Gasteiger partial charge in [0.25, 0.3) is 0 Å². The largest absolute Gasteiger partial charge is 0.352 e. The third kappa shape index (κ3) is 3.67. The second-order valence-corrected chi connectivity index (χ2v) is 7.56. The van der Waals surface area contributed by atoms with E-state index in [4.69, 9.17) is 0 Å². The predicted octanol–water partition coefficient (Wildman–Crippen LogP) is 3.58. The summed E-state index contributed by atoms with van der Waals surface area (Å²) in [6.07, 6.45) is 7.38. The molecule has 4 heteroatoms. The highest BCUT2D eigenvalue weighted by Gasteiger charge is 2.29. The summed E-state index contributed by atoms with van der Waals surface area (Å²) in [5.74, 6) is 0.853. The molecule has 1 aliphatic heterocycles. The molecule has 116 valence electrons. The number of carbonyl (C=O) groups excluding carboxylic acids is 1. The number of thiophene rings is 1. The average Bonchev–Trinajstić information content (AvgIpc) is 3.11. The molecule has 3 nitrogen and oxygen atoms in total. The number of amides is 1. The molecule has 0 radical (unpaired) electrons. The first kappa shape index (κ1) is 15.0. The van der Waals surface area contributed by atoms with E-state index in [0.717, 1.165) is 13.0 Å². The average molecular weight is 306 g/mol. The molecule has 0 spiro atoms. The zero-order chi connectivity index (χ0) is 14.7. The minimum Gasteiger partial charge on any atom is -0.352 e. The monoisotopic (exact) mass is 306 g/mol. The summed E-state index contributed by atoms with van der Waals surface area (Å²) in [6, 6.07) is 5.17. The summed E-state index contributed by atoms with van der Waals surface area (Å²) in [5, 5.41) is 5.42. The Morgan fingerprint density at radius 2 is 2.19 bits per heavy atom. The van der Waals surface area contributed by atoms with Crippen molar-refractivity contribution in [2.45, 2.75) is 57.5 Å². The molecule has 2 heterocycles. The molecule has 1 aromatic rings. The molecule has 1 amide bonds. The van der Waals surface area contributed by atoms with Crippen LogP contribution in [0, 0.1) is 5.92 Å². The molecule has 3 rings (SSSR count). The SMILES string of the molecule is C[C@@H]1CCCC[C@@H]1NC(=O)CN1CCC[C@@H]1c1cccs1. The van der Waals surface area contributed by atoms with Crippen LogP contribution in [0.15, 0.2) is 17.5 Å². The highest BCUT2D eigenvalue weighted by molar-refractivity contribution is 7.10. The van der Waals surface area contributed by atoms with Crippen molar-refractivity contribution < 1.29 is 4.79 Å². The molecule has 2 aliphatic rings. The lowest BCUT2D eigenvalue weighted by atomic mass is 9.86. The van der Waals surface area contributed by atoms with Crippen molar-refractivity contribution in [1.82, 2.24) is 10.2 Å². The molecule has 0 unspecified atom stereocenters. The maximum atomic E-state index is 12.4. The van der Waals surface area contributed by atoms with Gasteiger partial charge in [0, 0.05) is 17.0 Å². The summed E-state index contributed by atoms with van der Waals surface area (Å²) in [7, 11) is 0. The standard InChI is InChI=1S/C17H26N2OS/c1-13-6-2-3-7-14(13)18-17(20)12-19-10-4-8-15(19)16-9-5-11-21-16/h5,9,11,13-15H,2-4,6-8,10,12H2,1H3,(H,18,20)/t13-,14+,15-/m1/s1. The molecular formula is C17H26N2OS. The minimum absolute atomic E-state index is 0.220. The number of likely N-dealkylation sites (tertiary alicyclic amines) is 1. The number of nitrogens with zero attached hydrogens (tertiary/aromatic N) is 1. The topological polar surface area (TPSA) is 32.3 Å². The molecule has 1 aromatic heterocycles. The molecule has 1 saturated carbocycles. The maximum absolute atomic E-state index is 12.4. The molecule has 1 N–H and O–H groups in total. The molecule has 2 fully saturated rings. The fourth-order valence-electron chi connectivity index (χ4n) is 3.79. The van der Waals surface area contributed by atoms with E-state index in [-0.39, 0.29) is 5.91 Å². The Kier molecular flexibility index (Phi) is 4.96. The number of hydrogen-bond acceptors (Lipinski definition) is 3. The van der Waals surface area contributed by atoms with Gasteiger partial charge in [-0.3, -0.25) is 9.69 Å². The van der Waals surface area contributed by atoms with E-state index in [0.29, 0.717) is 24.5 Å². The zero-order valence-corrected chi connectivity index (χ0v) is 13.7. The van der Waals surface area contributed by atoms with E-state index >= 15 is 0 Å². The fraction of sp³-hybridized carbons (Fsp3) is 0.706. The van der Waals surface area contributed by atoms with E-state index in [1.165, 1.54) is 37.0 Å². The summed E-state index contributed by atoms with van der Waals surface area (Å²) in [5.41, 5.74) is 0. The normalized spacial score (nSPS) is 30.4. The van der Waals surface area contributed by atoms with Gasteiger partial charge in [-0.1, -0.05) is 25.8 Å². The zero-order valence-electron chi connectivity index (χ0n) is 12.9. The summed E-state index contributed by atoms with van der Waals surface area (Å²) < 4.78 is 0. The Morgan fingerprint density at radius 1 is 1.33 bits per heavy atom. The lowest BCUT2D eigenvalue weighted by Gasteiger charge is -2.31. The van der Waals surface area contributed by atoms with Crippen molar-refractivity contribution in [3.63, 3.8) is 0 Å². The first-order chi connectivity index (χ1) is 10.2. The number of hydrogen-bond donors (Lipinski definition) is 1. The van der Waals surface area contributed by atoms with Gasteiger partial charge < -0.3 is 5.32 Å². The van der Waals surface area contributed by atoms with Crippen LogP contribution in [0.2, 0.25) is 0 Å². The van der Waals surface area contributed by atoms with Gasteiger partial charge in [-0.05, 0) is 49.6 Å². The summed E-state index contributed by atoms with van der Waals surface area (Å²) >= 11 is 1.81.